The molecule has 1 heterocycles. The number of hydrogen-bond donors (Lipinski definition) is 1. The Balaban J connectivity index is 2.89. The average Bonchev–Trinajstić information content (AvgIpc) is 2.47. The molecule has 0 aliphatic heterocycles. The van der Waals surface area contributed by atoms with Gasteiger partial charge in [-0.25, -0.2) is 4.79 Å². The normalized spacial score (nSPS) is 12.2. The lowest BCUT2D eigenvalue weighted by Crippen LogP contribution is -2.41. The summed E-state index contributed by atoms with van der Waals surface area (Å²) in [4.78, 5) is 37.4. The van der Waals surface area contributed by atoms with E-state index in [9.17, 15) is 14.4 Å². The monoisotopic (exact) mass is 296 g/mol. The van der Waals surface area contributed by atoms with Crippen LogP contribution in [0.25, 0.3) is 0 Å². The van der Waals surface area contributed by atoms with Crippen LogP contribution in [0.15, 0.2) is 15.8 Å². The van der Waals surface area contributed by atoms with E-state index in [1.54, 1.807) is 14.1 Å². The first-order valence-electron chi connectivity index (χ1n) is 7.00. The SMILES string of the molecule is CC(CCCN)C(=O)N(C)Cc1cn(C)c(=O)n(C)c1=O. The molecule has 0 bridgehead atoms. The third kappa shape index (κ3) is 4.04. The molecule has 0 aromatic carbocycles. The highest BCUT2D eigenvalue weighted by Crippen LogP contribution is 2.09. The summed E-state index contributed by atoms with van der Waals surface area (Å²) in [5.74, 6) is -0.158. The van der Waals surface area contributed by atoms with Crippen LogP contribution in [-0.2, 0) is 25.4 Å². The van der Waals surface area contributed by atoms with Crippen molar-refractivity contribution in [3.05, 3.63) is 32.6 Å². The fourth-order valence-corrected chi connectivity index (χ4v) is 2.25. The summed E-state index contributed by atoms with van der Waals surface area (Å²) in [6, 6.07) is 0. The second kappa shape index (κ2) is 7.21. The Bertz CT molecular complexity index is 618. The number of aromatic nitrogens is 2. The Morgan fingerprint density at radius 3 is 2.57 bits per heavy atom. The van der Waals surface area contributed by atoms with Crippen molar-refractivity contribution in [2.45, 2.75) is 26.3 Å². The Kier molecular flexibility index (Phi) is 5.90. The second-order valence-corrected chi connectivity index (χ2v) is 5.44. The quantitative estimate of drug-likeness (QED) is 0.760. The fraction of sp³-hybridized carbons (Fsp3) is 0.643. The van der Waals surface area contributed by atoms with Gasteiger partial charge >= 0.3 is 5.69 Å². The predicted molar refractivity (Wildman–Crippen MR) is 80.9 cm³/mol. The number of hydrogen-bond acceptors (Lipinski definition) is 4. The molecule has 21 heavy (non-hydrogen) atoms. The van der Waals surface area contributed by atoms with Gasteiger partial charge in [0.25, 0.3) is 5.56 Å². The predicted octanol–water partition coefficient (Wildman–Crippen LogP) is -0.583. The maximum absolute atomic E-state index is 12.2. The van der Waals surface area contributed by atoms with Crippen LogP contribution in [-0.4, -0.2) is 33.5 Å². The zero-order valence-electron chi connectivity index (χ0n) is 13.1. The summed E-state index contributed by atoms with van der Waals surface area (Å²) in [5, 5.41) is 0. The van der Waals surface area contributed by atoms with Crippen molar-refractivity contribution >= 4 is 5.91 Å². The van der Waals surface area contributed by atoms with Crippen molar-refractivity contribution in [3.63, 3.8) is 0 Å². The van der Waals surface area contributed by atoms with Gasteiger partial charge in [0.1, 0.15) is 0 Å². The topological polar surface area (TPSA) is 90.3 Å². The lowest BCUT2D eigenvalue weighted by molar-refractivity contribution is -0.134. The zero-order chi connectivity index (χ0) is 16.2. The summed E-state index contributed by atoms with van der Waals surface area (Å²) in [7, 11) is 4.67. The lowest BCUT2D eigenvalue weighted by Gasteiger charge is -2.21. The molecule has 1 aromatic heterocycles. The number of aryl methyl sites for hydroxylation is 1. The molecule has 0 radical (unpaired) electrons. The third-order valence-corrected chi connectivity index (χ3v) is 3.56. The summed E-state index contributed by atoms with van der Waals surface area (Å²) in [6.07, 6.45) is 3.01. The molecule has 1 rings (SSSR count). The molecule has 0 aliphatic rings. The van der Waals surface area contributed by atoms with Gasteiger partial charge in [-0.15, -0.1) is 0 Å². The second-order valence-electron chi connectivity index (χ2n) is 5.44. The molecular formula is C14H24N4O3. The van der Waals surface area contributed by atoms with Crippen molar-refractivity contribution in [3.8, 4) is 0 Å². The van der Waals surface area contributed by atoms with Crippen LogP contribution in [0.2, 0.25) is 0 Å². The third-order valence-electron chi connectivity index (χ3n) is 3.56. The highest BCUT2D eigenvalue weighted by molar-refractivity contribution is 5.78. The van der Waals surface area contributed by atoms with Crippen LogP contribution in [0.1, 0.15) is 25.3 Å². The van der Waals surface area contributed by atoms with Crippen LogP contribution in [0.5, 0.6) is 0 Å². The summed E-state index contributed by atoms with van der Waals surface area (Å²) in [6.45, 7) is 2.60. The summed E-state index contributed by atoms with van der Waals surface area (Å²) >= 11 is 0. The number of nitrogens with zero attached hydrogens (tertiary/aromatic N) is 3. The maximum atomic E-state index is 12.2. The minimum absolute atomic E-state index is 0.0284. The van der Waals surface area contributed by atoms with Gasteiger partial charge in [0.2, 0.25) is 5.91 Å². The molecule has 0 spiro atoms. The number of carbonyl (C=O) groups excluding carboxylic acids is 1. The first-order chi connectivity index (χ1) is 9.79. The molecule has 0 aliphatic carbocycles. The molecule has 1 aromatic rings. The van der Waals surface area contributed by atoms with Gasteiger partial charge in [0.15, 0.2) is 0 Å². The standard InChI is InChI=1S/C14H24N4O3/c1-10(6-5-7-15)12(19)16(2)8-11-9-17(3)14(21)18(4)13(11)20/h9-10H,5-8,15H2,1-4H3. The number of amides is 1. The first-order valence-corrected chi connectivity index (χ1v) is 7.00. The molecule has 1 atom stereocenters. The van der Waals surface area contributed by atoms with Crippen LogP contribution < -0.4 is 17.0 Å². The van der Waals surface area contributed by atoms with Crippen molar-refractivity contribution < 1.29 is 4.79 Å². The smallest absolute Gasteiger partial charge is 0.330 e. The molecule has 1 unspecified atom stereocenters. The van der Waals surface area contributed by atoms with Gasteiger partial charge in [0.05, 0.1) is 12.1 Å². The van der Waals surface area contributed by atoms with E-state index in [1.807, 2.05) is 6.92 Å². The van der Waals surface area contributed by atoms with E-state index in [-0.39, 0.29) is 29.6 Å². The Hall–Kier alpha value is -1.89. The van der Waals surface area contributed by atoms with Gasteiger partial charge in [-0.3, -0.25) is 14.2 Å². The van der Waals surface area contributed by atoms with Gasteiger partial charge in [-0.05, 0) is 19.4 Å². The maximum Gasteiger partial charge on any atom is 0.330 e. The Labute approximate surface area is 124 Å². The molecule has 2 N–H and O–H groups in total. The van der Waals surface area contributed by atoms with Crippen LogP contribution >= 0.6 is 0 Å². The highest BCUT2D eigenvalue weighted by atomic mass is 16.2. The Morgan fingerprint density at radius 2 is 2.00 bits per heavy atom. The first kappa shape index (κ1) is 17.2. The van der Waals surface area contributed by atoms with Crippen molar-refractivity contribution in [1.29, 1.82) is 0 Å². The highest BCUT2D eigenvalue weighted by Gasteiger charge is 2.18. The largest absolute Gasteiger partial charge is 0.341 e. The Morgan fingerprint density at radius 1 is 1.38 bits per heavy atom. The van der Waals surface area contributed by atoms with E-state index in [2.05, 4.69) is 0 Å². The van der Waals surface area contributed by atoms with Gasteiger partial charge in [-0.1, -0.05) is 6.92 Å². The molecule has 0 saturated carbocycles. The van der Waals surface area contributed by atoms with E-state index in [0.29, 0.717) is 12.1 Å². The van der Waals surface area contributed by atoms with Crippen LogP contribution in [0, 0.1) is 5.92 Å². The molecular weight excluding hydrogens is 272 g/mol. The molecule has 0 fully saturated rings. The average molecular weight is 296 g/mol. The van der Waals surface area contributed by atoms with Gasteiger partial charge in [-0.2, -0.15) is 0 Å². The molecule has 0 saturated heterocycles. The van der Waals surface area contributed by atoms with Crippen LogP contribution in [0.3, 0.4) is 0 Å². The zero-order valence-corrected chi connectivity index (χ0v) is 13.1. The van der Waals surface area contributed by atoms with E-state index in [0.717, 1.165) is 17.4 Å². The molecule has 118 valence electrons. The number of nitrogens with two attached hydrogens (primary N) is 1. The molecule has 1 amide bonds. The van der Waals surface area contributed by atoms with Crippen molar-refractivity contribution in [2.24, 2.45) is 25.7 Å². The van der Waals surface area contributed by atoms with Gasteiger partial charge < -0.3 is 15.2 Å². The minimum atomic E-state index is -0.381. The van der Waals surface area contributed by atoms with Gasteiger partial charge in [0, 0.05) is 33.3 Å². The molecule has 7 nitrogen and oxygen atoms in total. The summed E-state index contributed by atoms with van der Waals surface area (Å²) in [5.41, 5.74) is 5.11. The van der Waals surface area contributed by atoms with E-state index >= 15 is 0 Å². The number of carbonyl (C=O) groups is 1. The van der Waals surface area contributed by atoms with Crippen molar-refractivity contribution in [2.75, 3.05) is 13.6 Å². The van der Waals surface area contributed by atoms with Crippen LogP contribution in [0.4, 0.5) is 0 Å². The molecule has 7 heteroatoms. The van der Waals surface area contributed by atoms with Crippen molar-refractivity contribution in [1.82, 2.24) is 14.0 Å². The minimum Gasteiger partial charge on any atom is -0.341 e. The fourth-order valence-electron chi connectivity index (χ4n) is 2.25. The van der Waals surface area contributed by atoms with E-state index < -0.39 is 0 Å². The number of rotatable bonds is 6. The van der Waals surface area contributed by atoms with E-state index in [4.69, 9.17) is 5.73 Å². The van der Waals surface area contributed by atoms with E-state index in [1.165, 1.54) is 22.7 Å². The summed E-state index contributed by atoms with van der Waals surface area (Å²) < 4.78 is 2.39. The lowest BCUT2D eigenvalue weighted by atomic mass is 10.0.